The Morgan fingerprint density at radius 1 is 1.40 bits per heavy atom. The van der Waals surface area contributed by atoms with Crippen molar-refractivity contribution in [2.24, 2.45) is 0 Å². The highest BCUT2D eigenvalue weighted by molar-refractivity contribution is 7.09. The van der Waals surface area contributed by atoms with Gasteiger partial charge in [0.1, 0.15) is 0 Å². The molecule has 0 bridgehead atoms. The summed E-state index contributed by atoms with van der Waals surface area (Å²) in [4.78, 5) is 7.19. The van der Waals surface area contributed by atoms with Crippen molar-refractivity contribution in [3.63, 3.8) is 0 Å². The maximum atomic E-state index is 5.93. The van der Waals surface area contributed by atoms with Crippen molar-refractivity contribution in [1.29, 1.82) is 0 Å². The van der Waals surface area contributed by atoms with Gasteiger partial charge in [0.15, 0.2) is 0 Å². The topological polar surface area (TPSA) is 25.4 Å². The monoisotopic (exact) mass is 314 g/mol. The third-order valence-corrected chi connectivity index (χ3v) is 5.65. The van der Waals surface area contributed by atoms with Crippen LogP contribution in [0.15, 0.2) is 5.38 Å². The molecular formula is C15H23ClN2OS. The van der Waals surface area contributed by atoms with E-state index in [9.17, 15) is 0 Å². The molecule has 1 aliphatic carbocycles. The highest BCUT2D eigenvalue weighted by Gasteiger charge is 2.33. The van der Waals surface area contributed by atoms with E-state index in [1.54, 1.807) is 11.3 Å². The Bertz CT molecular complexity index is 424. The van der Waals surface area contributed by atoms with Gasteiger partial charge in [-0.3, -0.25) is 4.90 Å². The molecule has 0 aromatic carbocycles. The molecule has 2 atom stereocenters. The summed E-state index contributed by atoms with van der Waals surface area (Å²) in [6.07, 6.45) is 8.06. The molecule has 1 aliphatic heterocycles. The molecule has 2 aliphatic rings. The standard InChI is InChI=1S/C15H23ClN2OS/c16-10-12-11-20-15(17-12)6-3-7-18-8-9-19-14-5-2-1-4-13(14)18/h11,13-14H,1-10H2. The molecule has 112 valence electrons. The molecule has 0 amide bonds. The summed E-state index contributed by atoms with van der Waals surface area (Å²) in [5, 5.41) is 3.31. The molecule has 0 radical (unpaired) electrons. The van der Waals surface area contributed by atoms with Gasteiger partial charge in [-0.05, 0) is 25.8 Å². The summed E-state index contributed by atoms with van der Waals surface area (Å²) >= 11 is 7.54. The number of hydrogen-bond donors (Lipinski definition) is 0. The quantitative estimate of drug-likeness (QED) is 0.778. The Labute approximate surface area is 130 Å². The Kier molecular flexibility index (Phi) is 5.32. The lowest BCUT2D eigenvalue weighted by Crippen LogP contribution is -2.52. The molecule has 1 aromatic heterocycles. The van der Waals surface area contributed by atoms with Gasteiger partial charge in [-0.15, -0.1) is 22.9 Å². The molecule has 20 heavy (non-hydrogen) atoms. The third-order valence-electron chi connectivity index (χ3n) is 4.42. The molecular weight excluding hydrogens is 292 g/mol. The summed E-state index contributed by atoms with van der Waals surface area (Å²) < 4.78 is 5.93. The maximum absolute atomic E-state index is 5.93. The van der Waals surface area contributed by atoms with E-state index in [1.165, 1.54) is 43.7 Å². The predicted molar refractivity (Wildman–Crippen MR) is 83.6 cm³/mol. The summed E-state index contributed by atoms with van der Waals surface area (Å²) in [5.41, 5.74) is 1.02. The van der Waals surface area contributed by atoms with Crippen molar-refractivity contribution in [2.45, 2.75) is 56.6 Å². The molecule has 5 heteroatoms. The third kappa shape index (κ3) is 3.53. The van der Waals surface area contributed by atoms with Crippen molar-refractivity contribution >= 4 is 22.9 Å². The van der Waals surface area contributed by atoms with Crippen LogP contribution in [0.3, 0.4) is 0 Å². The molecule has 2 heterocycles. The summed E-state index contributed by atoms with van der Waals surface area (Å²) in [6, 6.07) is 0.673. The Morgan fingerprint density at radius 2 is 2.30 bits per heavy atom. The lowest BCUT2D eigenvalue weighted by atomic mass is 9.90. The normalized spacial score (nSPS) is 27.4. The first kappa shape index (κ1) is 14.8. The number of aromatic nitrogens is 1. The van der Waals surface area contributed by atoms with Gasteiger partial charge >= 0.3 is 0 Å². The Balaban J connectivity index is 1.47. The molecule has 3 nitrogen and oxygen atoms in total. The first-order valence-corrected chi connectivity index (χ1v) is 9.13. The fourth-order valence-electron chi connectivity index (χ4n) is 3.41. The lowest BCUT2D eigenvalue weighted by molar-refractivity contribution is -0.0881. The SMILES string of the molecule is ClCc1csc(CCCN2CCOC3CCCCC32)n1. The number of morpholine rings is 1. The van der Waals surface area contributed by atoms with Crippen LogP contribution in [0.1, 0.15) is 42.8 Å². The number of nitrogens with zero attached hydrogens (tertiary/aromatic N) is 2. The van der Waals surface area contributed by atoms with Gasteiger partial charge in [-0.1, -0.05) is 12.8 Å². The minimum atomic E-state index is 0.500. The lowest BCUT2D eigenvalue weighted by Gasteiger charge is -2.43. The van der Waals surface area contributed by atoms with E-state index in [4.69, 9.17) is 16.3 Å². The molecule has 0 N–H and O–H groups in total. The van der Waals surface area contributed by atoms with Crippen LogP contribution in [0, 0.1) is 0 Å². The number of alkyl halides is 1. The maximum Gasteiger partial charge on any atom is 0.0929 e. The fraction of sp³-hybridized carbons (Fsp3) is 0.800. The van der Waals surface area contributed by atoms with E-state index >= 15 is 0 Å². The molecule has 0 spiro atoms. The highest BCUT2D eigenvalue weighted by atomic mass is 35.5. The van der Waals surface area contributed by atoms with E-state index in [0.717, 1.165) is 25.3 Å². The number of halogens is 1. The minimum absolute atomic E-state index is 0.500. The second kappa shape index (κ2) is 7.21. The predicted octanol–water partition coefficient (Wildman–Crippen LogP) is 3.46. The van der Waals surface area contributed by atoms with Crippen LogP contribution in [0.5, 0.6) is 0 Å². The van der Waals surface area contributed by atoms with Crippen LogP contribution < -0.4 is 0 Å². The van der Waals surface area contributed by atoms with E-state index in [0.29, 0.717) is 18.0 Å². The molecule has 2 unspecified atom stereocenters. The van der Waals surface area contributed by atoms with E-state index < -0.39 is 0 Å². The molecule has 3 rings (SSSR count). The zero-order chi connectivity index (χ0) is 13.8. The second-order valence-electron chi connectivity index (χ2n) is 5.77. The fourth-order valence-corrected chi connectivity index (χ4v) is 4.48. The zero-order valence-electron chi connectivity index (χ0n) is 11.9. The highest BCUT2D eigenvalue weighted by Crippen LogP contribution is 2.28. The number of fused-ring (bicyclic) bond motifs is 1. The number of rotatable bonds is 5. The van der Waals surface area contributed by atoms with Crippen molar-refractivity contribution in [3.8, 4) is 0 Å². The van der Waals surface area contributed by atoms with Gasteiger partial charge in [0.2, 0.25) is 0 Å². The molecule has 1 saturated carbocycles. The van der Waals surface area contributed by atoms with E-state index in [-0.39, 0.29) is 0 Å². The van der Waals surface area contributed by atoms with Crippen molar-refractivity contribution < 1.29 is 4.74 Å². The Hall–Kier alpha value is -0.160. The van der Waals surface area contributed by atoms with Crippen LogP contribution in [-0.2, 0) is 17.0 Å². The van der Waals surface area contributed by atoms with Gasteiger partial charge < -0.3 is 4.74 Å². The number of hydrogen-bond acceptors (Lipinski definition) is 4. The Morgan fingerprint density at radius 3 is 3.15 bits per heavy atom. The van der Waals surface area contributed by atoms with Gasteiger partial charge in [-0.2, -0.15) is 0 Å². The van der Waals surface area contributed by atoms with Crippen molar-refractivity contribution in [1.82, 2.24) is 9.88 Å². The van der Waals surface area contributed by atoms with Crippen LogP contribution in [0.25, 0.3) is 0 Å². The number of aryl methyl sites for hydroxylation is 1. The van der Waals surface area contributed by atoms with Gasteiger partial charge in [0.05, 0.1) is 29.3 Å². The molecule has 1 saturated heterocycles. The van der Waals surface area contributed by atoms with Gasteiger partial charge in [-0.25, -0.2) is 4.98 Å². The molecule has 2 fully saturated rings. The average molecular weight is 315 g/mol. The first-order chi connectivity index (χ1) is 9.86. The summed E-state index contributed by atoms with van der Waals surface area (Å²) in [6.45, 7) is 3.20. The van der Waals surface area contributed by atoms with E-state index in [2.05, 4.69) is 15.3 Å². The average Bonchev–Trinajstić information content (AvgIpc) is 2.95. The molecule has 1 aromatic rings. The van der Waals surface area contributed by atoms with Crippen LogP contribution in [0.4, 0.5) is 0 Å². The second-order valence-corrected chi connectivity index (χ2v) is 6.98. The van der Waals surface area contributed by atoms with E-state index in [1.807, 2.05) is 0 Å². The van der Waals surface area contributed by atoms with Crippen LogP contribution in [-0.4, -0.2) is 41.7 Å². The summed E-state index contributed by atoms with van der Waals surface area (Å²) in [7, 11) is 0. The number of ether oxygens (including phenoxy) is 1. The van der Waals surface area contributed by atoms with Crippen LogP contribution in [0.2, 0.25) is 0 Å². The van der Waals surface area contributed by atoms with Crippen molar-refractivity contribution in [2.75, 3.05) is 19.7 Å². The summed E-state index contributed by atoms with van der Waals surface area (Å²) in [5.74, 6) is 0.531. The van der Waals surface area contributed by atoms with Crippen molar-refractivity contribution in [3.05, 3.63) is 16.1 Å². The van der Waals surface area contributed by atoms with Gasteiger partial charge in [0, 0.05) is 24.4 Å². The minimum Gasteiger partial charge on any atom is -0.375 e. The smallest absolute Gasteiger partial charge is 0.0929 e. The largest absolute Gasteiger partial charge is 0.375 e. The first-order valence-electron chi connectivity index (χ1n) is 7.71. The van der Waals surface area contributed by atoms with Gasteiger partial charge in [0.25, 0.3) is 0 Å². The zero-order valence-corrected chi connectivity index (χ0v) is 13.5. The van der Waals surface area contributed by atoms with Crippen LogP contribution >= 0.6 is 22.9 Å². The number of thiazole rings is 1.